The van der Waals surface area contributed by atoms with Gasteiger partial charge in [0.1, 0.15) is 0 Å². The summed E-state index contributed by atoms with van der Waals surface area (Å²) in [6.45, 7) is 0.487. The van der Waals surface area contributed by atoms with E-state index in [1.807, 2.05) is 5.38 Å². The highest BCUT2D eigenvalue weighted by atomic mass is 35.5. The van der Waals surface area contributed by atoms with Crippen molar-refractivity contribution in [3.05, 3.63) is 15.5 Å². The molecule has 1 fully saturated rings. The van der Waals surface area contributed by atoms with Crippen LogP contribution >= 0.6 is 34.7 Å². The van der Waals surface area contributed by atoms with Crippen LogP contribution in [0.1, 0.15) is 5.69 Å². The van der Waals surface area contributed by atoms with E-state index in [1.165, 1.54) is 18.4 Å². The summed E-state index contributed by atoms with van der Waals surface area (Å²) in [5, 5.41) is 1.91. The predicted octanol–water partition coefficient (Wildman–Crippen LogP) is 0.894. The van der Waals surface area contributed by atoms with Crippen molar-refractivity contribution in [2.75, 3.05) is 19.3 Å². The molecule has 7 nitrogen and oxygen atoms in total. The minimum Gasteiger partial charge on any atom is -0.268 e. The monoisotopic (exact) mass is 353 g/mol. The number of nitrogens with zero attached hydrogens (tertiary/aromatic N) is 3. The molecule has 0 unspecified atom stereocenters. The van der Waals surface area contributed by atoms with E-state index in [2.05, 4.69) is 24.4 Å². The van der Waals surface area contributed by atoms with E-state index >= 15 is 0 Å². The molecule has 2 heterocycles. The predicted molar refractivity (Wildman–Crippen MR) is 84.1 cm³/mol. The number of nitrogens with one attached hydrogen (secondary N) is 2. The summed E-state index contributed by atoms with van der Waals surface area (Å²) >= 11 is 8.79. The number of halogens is 1. The van der Waals surface area contributed by atoms with Gasteiger partial charge in [-0.3, -0.25) is 9.98 Å². The van der Waals surface area contributed by atoms with Gasteiger partial charge in [-0.1, -0.05) is 11.6 Å². The summed E-state index contributed by atoms with van der Waals surface area (Å²) in [6.07, 6.45) is 0. The van der Waals surface area contributed by atoms with Crippen LogP contribution in [0.4, 0.5) is 0 Å². The summed E-state index contributed by atoms with van der Waals surface area (Å²) in [6, 6.07) is 0. The standard InChI is InChI=1S/C9H12ClN5O2S3/c1-11-7-8(15-20(16,17)14-7)12-2-3-18-4-6-5-19-9(10)13-6/h5H,2-4H2,1H3,(H,11,14)(H,12,15). The molecule has 0 saturated carbocycles. The Balaban J connectivity index is 1.79. The molecule has 0 aromatic carbocycles. The van der Waals surface area contributed by atoms with E-state index < -0.39 is 10.2 Å². The summed E-state index contributed by atoms with van der Waals surface area (Å²) in [4.78, 5) is 12.1. The van der Waals surface area contributed by atoms with Crippen LogP contribution in [0.3, 0.4) is 0 Å². The minimum absolute atomic E-state index is 0.237. The molecule has 0 radical (unpaired) electrons. The van der Waals surface area contributed by atoms with Gasteiger partial charge in [-0.05, 0) is 0 Å². The molecule has 2 rings (SSSR count). The second kappa shape index (κ2) is 6.74. The van der Waals surface area contributed by atoms with Crippen molar-refractivity contribution < 1.29 is 8.42 Å². The molecule has 20 heavy (non-hydrogen) atoms. The van der Waals surface area contributed by atoms with Crippen LogP contribution in [0.5, 0.6) is 0 Å². The van der Waals surface area contributed by atoms with E-state index in [1.54, 1.807) is 11.8 Å². The highest BCUT2D eigenvalue weighted by Crippen LogP contribution is 2.19. The molecule has 1 aromatic heterocycles. The van der Waals surface area contributed by atoms with Gasteiger partial charge in [-0.2, -0.15) is 20.2 Å². The van der Waals surface area contributed by atoms with Crippen LogP contribution in [-0.2, 0) is 16.0 Å². The summed E-state index contributed by atoms with van der Waals surface area (Å²) in [5.74, 6) is 2.00. The maximum absolute atomic E-state index is 11.3. The van der Waals surface area contributed by atoms with Gasteiger partial charge in [-0.15, -0.1) is 11.3 Å². The Bertz CT molecular complexity index is 640. The molecule has 1 aliphatic heterocycles. The highest BCUT2D eigenvalue weighted by Gasteiger charge is 2.27. The lowest BCUT2D eigenvalue weighted by atomic mass is 10.5. The Labute approximate surface area is 130 Å². The normalized spacial score (nSPS) is 21.1. The zero-order valence-corrected chi connectivity index (χ0v) is 13.7. The van der Waals surface area contributed by atoms with E-state index in [9.17, 15) is 8.42 Å². The second-order valence-corrected chi connectivity index (χ2v) is 7.62. The van der Waals surface area contributed by atoms with Gasteiger partial charge < -0.3 is 0 Å². The topological polar surface area (TPSA) is 95.8 Å². The van der Waals surface area contributed by atoms with E-state index in [4.69, 9.17) is 11.6 Å². The zero-order valence-electron chi connectivity index (χ0n) is 10.5. The van der Waals surface area contributed by atoms with Gasteiger partial charge in [0.2, 0.25) is 0 Å². The average molecular weight is 354 g/mol. The van der Waals surface area contributed by atoms with Gasteiger partial charge in [0, 0.05) is 23.9 Å². The quantitative estimate of drug-likeness (QED) is 0.768. The highest BCUT2D eigenvalue weighted by molar-refractivity contribution is 7.98. The third-order valence-electron chi connectivity index (χ3n) is 2.19. The van der Waals surface area contributed by atoms with Crippen molar-refractivity contribution >= 4 is 56.6 Å². The Morgan fingerprint density at radius 1 is 1.45 bits per heavy atom. The van der Waals surface area contributed by atoms with Gasteiger partial charge in [-0.25, -0.2) is 14.4 Å². The fourth-order valence-corrected chi connectivity index (χ4v) is 3.90. The van der Waals surface area contributed by atoms with Gasteiger partial charge in [0.25, 0.3) is 0 Å². The molecule has 0 amide bonds. The molecule has 1 saturated heterocycles. The third-order valence-corrected chi connectivity index (χ3v) is 5.11. The Kier molecular flexibility index (Phi) is 5.24. The fraction of sp³-hybridized carbons (Fsp3) is 0.444. The first kappa shape index (κ1) is 15.5. The second-order valence-electron chi connectivity index (χ2n) is 3.65. The first-order chi connectivity index (χ1) is 9.50. The SMILES string of the molecule is CN=C1NS(=O)(=O)NC1=NCCSCc1csc(Cl)n1. The average Bonchev–Trinajstić information content (AvgIpc) is 2.92. The van der Waals surface area contributed by atoms with Crippen molar-refractivity contribution in [1.29, 1.82) is 0 Å². The van der Waals surface area contributed by atoms with Crippen LogP contribution in [-0.4, -0.2) is 44.4 Å². The smallest absolute Gasteiger partial charge is 0.268 e. The molecule has 0 spiro atoms. The lowest BCUT2D eigenvalue weighted by molar-refractivity contribution is 0.591. The number of aromatic nitrogens is 1. The molecule has 1 aromatic rings. The molecular formula is C9H12ClN5O2S3. The van der Waals surface area contributed by atoms with Crippen LogP contribution < -0.4 is 9.44 Å². The maximum atomic E-state index is 11.3. The summed E-state index contributed by atoms with van der Waals surface area (Å²) in [5.41, 5.74) is 0.941. The molecule has 110 valence electrons. The van der Waals surface area contributed by atoms with E-state index in [0.29, 0.717) is 11.0 Å². The fourth-order valence-electron chi connectivity index (χ4n) is 1.38. The first-order valence-electron chi connectivity index (χ1n) is 5.50. The maximum Gasteiger partial charge on any atom is 0.324 e. The number of amidine groups is 2. The van der Waals surface area contributed by atoms with Crippen LogP contribution in [0.2, 0.25) is 4.47 Å². The van der Waals surface area contributed by atoms with Gasteiger partial charge >= 0.3 is 10.2 Å². The van der Waals surface area contributed by atoms with Crippen molar-refractivity contribution in [3.63, 3.8) is 0 Å². The van der Waals surface area contributed by atoms with E-state index in [-0.39, 0.29) is 11.7 Å². The van der Waals surface area contributed by atoms with Crippen molar-refractivity contribution in [1.82, 2.24) is 14.4 Å². The number of hydrogen-bond donors (Lipinski definition) is 2. The lowest BCUT2D eigenvalue weighted by Gasteiger charge is -1.98. The minimum atomic E-state index is -3.53. The molecule has 11 heteroatoms. The molecule has 0 aliphatic carbocycles. The number of thiazole rings is 1. The number of hydrogen-bond acceptors (Lipinski definition) is 7. The Hall–Kier alpha value is -0.840. The molecule has 2 N–H and O–H groups in total. The van der Waals surface area contributed by atoms with Crippen molar-refractivity contribution in [2.45, 2.75) is 5.75 Å². The van der Waals surface area contributed by atoms with Gasteiger partial charge in [0.15, 0.2) is 16.1 Å². The van der Waals surface area contributed by atoms with Crippen molar-refractivity contribution in [3.8, 4) is 0 Å². The zero-order chi connectivity index (χ0) is 14.6. The molecule has 0 atom stereocenters. The Morgan fingerprint density at radius 3 is 2.85 bits per heavy atom. The van der Waals surface area contributed by atoms with Crippen LogP contribution in [0.25, 0.3) is 0 Å². The van der Waals surface area contributed by atoms with Crippen molar-refractivity contribution in [2.24, 2.45) is 9.98 Å². The van der Waals surface area contributed by atoms with Crippen LogP contribution in [0, 0.1) is 0 Å². The third kappa shape index (κ3) is 4.33. The number of thioether (sulfide) groups is 1. The number of rotatable bonds is 5. The first-order valence-corrected chi connectivity index (χ1v) is 9.39. The lowest BCUT2D eigenvalue weighted by Crippen LogP contribution is -2.24. The Morgan fingerprint density at radius 2 is 2.20 bits per heavy atom. The largest absolute Gasteiger partial charge is 0.324 e. The number of aliphatic imine (C=N–C) groups is 2. The summed E-state index contributed by atoms with van der Waals surface area (Å²) in [7, 11) is -2.03. The van der Waals surface area contributed by atoms with Crippen LogP contribution in [0.15, 0.2) is 15.4 Å². The van der Waals surface area contributed by atoms with Gasteiger partial charge in [0.05, 0.1) is 12.2 Å². The molecular weight excluding hydrogens is 342 g/mol. The molecule has 1 aliphatic rings. The summed E-state index contributed by atoms with van der Waals surface area (Å²) < 4.78 is 27.6. The van der Waals surface area contributed by atoms with E-state index in [0.717, 1.165) is 17.2 Å². The molecule has 0 bridgehead atoms.